The molecule has 0 aromatic rings. The van der Waals surface area contributed by atoms with Gasteiger partial charge in [-0.1, -0.05) is 39.3 Å². The molecule has 1 amide bonds. The largest absolute Gasteiger partial charge is 0.480 e. The lowest BCUT2D eigenvalue weighted by atomic mass is 9.88. The smallest absolute Gasteiger partial charge is 0.326 e. The molecule has 0 aliphatic heterocycles. The molecule has 0 aromatic carbocycles. The molecular formula is C18H31NO4. The van der Waals surface area contributed by atoms with Crippen LogP contribution in [0.4, 0.5) is 0 Å². The molecule has 0 aromatic heterocycles. The van der Waals surface area contributed by atoms with Crippen LogP contribution < -0.4 is 5.32 Å². The van der Waals surface area contributed by atoms with Gasteiger partial charge in [0.25, 0.3) is 0 Å². The van der Waals surface area contributed by atoms with Crippen molar-refractivity contribution in [3.05, 3.63) is 12.2 Å². The highest BCUT2D eigenvalue weighted by Gasteiger charge is 2.36. The van der Waals surface area contributed by atoms with E-state index in [0.29, 0.717) is 12.8 Å². The Morgan fingerprint density at radius 2 is 1.96 bits per heavy atom. The van der Waals surface area contributed by atoms with Gasteiger partial charge in [-0.05, 0) is 43.4 Å². The van der Waals surface area contributed by atoms with Gasteiger partial charge in [0.15, 0.2) is 0 Å². The topological polar surface area (TPSA) is 86.6 Å². The average molecular weight is 325 g/mol. The quantitative estimate of drug-likeness (QED) is 0.569. The Hall–Kier alpha value is -1.36. The summed E-state index contributed by atoms with van der Waals surface area (Å²) in [5.41, 5.74) is 0. The van der Waals surface area contributed by atoms with Gasteiger partial charge in [-0.3, -0.25) is 4.79 Å². The number of aliphatic hydroxyl groups excluding tert-OH is 1. The fourth-order valence-corrected chi connectivity index (χ4v) is 3.30. The molecule has 1 aliphatic carbocycles. The monoisotopic (exact) mass is 325 g/mol. The number of allylic oxidation sites excluding steroid dienone is 2. The van der Waals surface area contributed by atoms with Crippen LogP contribution in [0.1, 0.15) is 59.3 Å². The van der Waals surface area contributed by atoms with E-state index >= 15 is 0 Å². The molecule has 5 nitrogen and oxygen atoms in total. The maximum Gasteiger partial charge on any atom is 0.326 e. The van der Waals surface area contributed by atoms with Gasteiger partial charge in [0, 0.05) is 6.42 Å². The first-order valence-electron chi connectivity index (χ1n) is 8.75. The van der Waals surface area contributed by atoms with Crippen LogP contribution in [-0.2, 0) is 9.59 Å². The molecule has 5 heteroatoms. The van der Waals surface area contributed by atoms with Crippen molar-refractivity contribution < 1.29 is 19.8 Å². The Kier molecular flexibility index (Phi) is 8.31. The second-order valence-electron chi connectivity index (χ2n) is 6.66. The number of aliphatic carboxylic acids is 1. The Bertz CT molecular complexity index is 421. The molecule has 1 fully saturated rings. The summed E-state index contributed by atoms with van der Waals surface area (Å²) in [6.45, 7) is 5.81. The van der Waals surface area contributed by atoms with Gasteiger partial charge in [0.05, 0.1) is 6.10 Å². The molecule has 0 spiro atoms. The number of rotatable bonds is 9. The van der Waals surface area contributed by atoms with Gasteiger partial charge in [-0.15, -0.1) is 0 Å². The molecule has 0 saturated heterocycles. The summed E-state index contributed by atoms with van der Waals surface area (Å²) in [5.74, 6) is -1.09. The van der Waals surface area contributed by atoms with Gasteiger partial charge in [0.2, 0.25) is 5.91 Å². The van der Waals surface area contributed by atoms with Crippen LogP contribution in [0.25, 0.3) is 0 Å². The highest BCUT2D eigenvalue weighted by atomic mass is 16.4. The standard InChI is InChI=1S/C18H31NO4/c1-4-6-7-8-14-13(9-10-15(14)20)11-16(21)19-17(18(22)23)12(3)5-2/h6-7,12-15,17,20H,4-5,8-11H2,1-3H3,(H,19,21)(H,22,23)/b7-6-/t12-,13-,14-,15-,17-/m0/s1. The second-order valence-corrected chi connectivity index (χ2v) is 6.66. The molecule has 1 rings (SSSR count). The third-order valence-corrected chi connectivity index (χ3v) is 4.99. The number of carboxylic acids is 1. The number of amides is 1. The molecule has 132 valence electrons. The lowest BCUT2D eigenvalue weighted by molar-refractivity contribution is -0.143. The predicted octanol–water partition coefficient (Wildman–Crippen LogP) is 2.74. The Morgan fingerprint density at radius 1 is 1.26 bits per heavy atom. The van der Waals surface area contributed by atoms with Gasteiger partial charge < -0.3 is 15.5 Å². The van der Waals surface area contributed by atoms with Crippen molar-refractivity contribution in [2.24, 2.45) is 17.8 Å². The molecule has 1 aliphatic rings. The summed E-state index contributed by atoms with van der Waals surface area (Å²) in [5, 5.41) is 22.0. The minimum atomic E-state index is -0.985. The van der Waals surface area contributed by atoms with Crippen molar-refractivity contribution in [2.75, 3.05) is 0 Å². The van der Waals surface area contributed by atoms with Crippen molar-refractivity contribution >= 4 is 11.9 Å². The molecule has 0 bridgehead atoms. The van der Waals surface area contributed by atoms with Crippen LogP contribution in [-0.4, -0.2) is 34.2 Å². The molecular weight excluding hydrogens is 294 g/mol. The number of carboxylic acid groups (broad SMARTS) is 1. The number of aliphatic hydroxyl groups is 1. The number of carbonyl (C=O) groups excluding carboxylic acids is 1. The fourth-order valence-electron chi connectivity index (χ4n) is 3.30. The first-order chi connectivity index (χ1) is 10.9. The molecule has 0 unspecified atom stereocenters. The third-order valence-electron chi connectivity index (χ3n) is 4.99. The zero-order valence-electron chi connectivity index (χ0n) is 14.5. The van der Waals surface area contributed by atoms with Crippen molar-refractivity contribution in [1.82, 2.24) is 5.32 Å². The molecule has 5 atom stereocenters. The number of hydrogen-bond donors (Lipinski definition) is 3. The third kappa shape index (κ3) is 5.98. The molecule has 0 heterocycles. The zero-order chi connectivity index (χ0) is 17.4. The lowest BCUT2D eigenvalue weighted by Crippen LogP contribution is -2.45. The predicted molar refractivity (Wildman–Crippen MR) is 89.9 cm³/mol. The van der Waals surface area contributed by atoms with E-state index in [4.69, 9.17) is 0 Å². The summed E-state index contributed by atoms with van der Waals surface area (Å²) in [6.07, 6.45) is 8.06. The van der Waals surface area contributed by atoms with E-state index in [1.54, 1.807) is 0 Å². The van der Waals surface area contributed by atoms with Crippen LogP contribution in [0.3, 0.4) is 0 Å². The minimum absolute atomic E-state index is 0.0930. The van der Waals surface area contributed by atoms with Crippen molar-refractivity contribution in [1.29, 1.82) is 0 Å². The van der Waals surface area contributed by atoms with E-state index < -0.39 is 12.0 Å². The Labute approximate surface area is 139 Å². The van der Waals surface area contributed by atoms with Crippen LogP contribution in [0.5, 0.6) is 0 Å². The molecule has 23 heavy (non-hydrogen) atoms. The summed E-state index contributed by atoms with van der Waals surface area (Å²) in [6, 6.07) is -0.836. The molecule has 1 saturated carbocycles. The summed E-state index contributed by atoms with van der Waals surface area (Å²) in [4.78, 5) is 23.5. The maximum absolute atomic E-state index is 12.2. The minimum Gasteiger partial charge on any atom is -0.480 e. The average Bonchev–Trinajstić information content (AvgIpc) is 2.84. The van der Waals surface area contributed by atoms with Crippen LogP contribution in [0.2, 0.25) is 0 Å². The zero-order valence-corrected chi connectivity index (χ0v) is 14.5. The lowest BCUT2D eigenvalue weighted by Gasteiger charge is -2.23. The Balaban J connectivity index is 2.60. The van der Waals surface area contributed by atoms with E-state index in [1.165, 1.54) is 0 Å². The van der Waals surface area contributed by atoms with E-state index in [-0.39, 0.29) is 29.8 Å². The van der Waals surface area contributed by atoms with Gasteiger partial charge in [-0.25, -0.2) is 4.79 Å². The van der Waals surface area contributed by atoms with E-state index in [1.807, 2.05) is 13.8 Å². The molecule has 0 radical (unpaired) electrons. The van der Waals surface area contributed by atoms with Crippen LogP contribution >= 0.6 is 0 Å². The van der Waals surface area contributed by atoms with Crippen molar-refractivity contribution in [3.63, 3.8) is 0 Å². The number of nitrogens with one attached hydrogen (secondary N) is 1. The van der Waals surface area contributed by atoms with Crippen molar-refractivity contribution in [2.45, 2.75) is 71.4 Å². The SMILES string of the molecule is CC/C=C\C[C@H]1[C@H](CC(=O)N[C@H](C(=O)O)[C@@H](C)CC)CC[C@@H]1O. The van der Waals surface area contributed by atoms with Gasteiger partial charge >= 0.3 is 5.97 Å². The number of carbonyl (C=O) groups is 2. The summed E-state index contributed by atoms with van der Waals surface area (Å²) < 4.78 is 0. The Morgan fingerprint density at radius 3 is 2.52 bits per heavy atom. The first kappa shape index (κ1) is 19.7. The van der Waals surface area contributed by atoms with Crippen molar-refractivity contribution in [3.8, 4) is 0 Å². The van der Waals surface area contributed by atoms with E-state index in [2.05, 4.69) is 24.4 Å². The van der Waals surface area contributed by atoms with Crippen LogP contribution in [0, 0.1) is 17.8 Å². The van der Waals surface area contributed by atoms with E-state index in [9.17, 15) is 19.8 Å². The van der Waals surface area contributed by atoms with E-state index in [0.717, 1.165) is 25.7 Å². The first-order valence-corrected chi connectivity index (χ1v) is 8.75. The molecule has 3 N–H and O–H groups in total. The maximum atomic E-state index is 12.2. The van der Waals surface area contributed by atoms with Gasteiger partial charge in [-0.2, -0.15) is 0 Å². The normalized spacial score (nSPS) is 27.0. The number of hydrogen-bond acceptors (Lipinski definition) is 3. The highest BCUT2D eigenvalue weighted by Crippen LogP contribution is 2.37. The highest BCUT2D eigenvalue weighted by molar-refractivity contribution is 5.83. The van der Waals surface area contributed by atoms with Gasteiger partial charge in [0.1, 0.15) is 6.04 Å². The second kappa shape index (κ2) is 9.71. The summed E-state index contributed by atoms with van der Waals surface area (Å²) in [7, 11) is 0. The fraction of sp³-hybridized carbons (Fsp3) is 0.778. The van der Waals surface area contributed by atoms with Crippen LogP contribution in [0.15, 0.2) is 12.2 Å². The summed E-state index contributed by atoms with van der Waals surface area (Å²) >= 11 is 0.